The van der Waals surface area contributed by atoms with Crippen molar-refractivity contribution in [2.75, 3.05) is 7.05 Å². The Bertz CT molecular complexity index is 991. The van der Waals surface area contributed by atoms with E-state index in [4.69, 9.17) is 0 Å². The van der Waals surface area contributed by atoms with Gasteiger partial charge in [0.15, 0.2) is 5.96 Å². The van der Waals surface area contributed by atoms with Crippen LogP contribution < -0.4 is 10.6 Å². The molecule has 0 aliphatic carbocycles. The van der Waals surface area contributed by atoms with Gasteiger partial charge in [-0.05, 0) is 35.7 Å². The van der Waals surface area contributed by atoms with Gasteiger partial charge >= 0.3 is 6.18 Å². The first-order valence-corrected chi connectivity index (χ1v) is 9.51. The van der Waals surface area contributed by atoms with E-state index in [2.05, 4.69) is 37.3 Å². The monoisotopic (exact) mass is 415 g/mol. The number of benzene rings is 2. The first-order valence-electron chi connectivity index (χ1n) is 9.51. The fourth-order valence-corrected chi connectivity index (χ4v) is 3.01. The van der Waals surface area contributed by atoms with Crippen LogP contribution >= 0.6 is 0 Å². The van der Waals surface area contributed by atoms with Gasteiger partial charge in [-0.2, -0.15) is 13.2 Å². The molecule has 0 aliphatic heterocycles. The molecule has 2 N–H and O–H groups in total. The molecule has 2 aromatic carbocycles. The molecule has 1 aromatic heterocycles. The number of nitrogens with zero attached hydrogens (tertiary/aromatic N) is 3. The van der Waals surface area contributed by atoms with Crippen LogP contribution in [0.25, 0.3) is 0 Å². The number of aryl methyl sites for hydroxylation is 1. The van der Waals surface area contributed by atoms with Gasteiger partial charge in [-0.1, -0.05) is 36.4 Å². The lowest BCUT2D eigenvalue weighted by atomic mass is 10.1. The summed E-state index contributed by atoms with van der Waals surface area (Å²) in [5.74, 6) is 1.54. The Balaban J connectivity index is 1.53. The van der Waals surface area contributed by atoms with E-state index < -0.39 is 11.7 Å². The van der Waals surface area contributed by atoms with E-state index in [0.717, 1.165) is 35.6 Å². The fraction of sp³-hybridized carbons (Fsp3) is 0.273. The molecule has 0 radical (unpaired) electrons. The van der Waals surface area contributed by atoms with Crippen LogP contribution in [0.5, 0.6) is 0 Å². The smallest absolute Gasteiger partial charge is 0.352 e. The molecule has 0 fully saturated rings. The highest BCUT2D eigenvalue weighted by Crippen LogP contribution is 2.29. The SMILES string of the molecule is CN=C(NCc1ccc(C(F)(F)F)cc1)NCc1cccc(Cn2ccnc2C)c1. The summed E-state index contributed by atoms with van der Waals surface area (Å²) < 4.78 is 40.0. The van der Waals surface area contributed by atoms with Gasteiger partial charge in [0.2, 0.25) is 0 Å². The van der Waals surface area contributed by atoms with Crippen molar-refractivity contribution in [2.24, 2.45) is 4.99 Å². The van der Waals surface area contributed by atoms with Crippen LogP contribution in [0.3, 0.4) is 0 Å². The third-order valence-electron chi connectivity index (χ3n) is 4.69. The quantitative estimate of drug-likeness (QED) is 0.470. The average molecular weight is 415 g/mol. The van der Waals surface area contributed by atoms with Crippen LogP contribution in [0.15, 0.2) is 65.9 Å². The predicted octanol–water partition coefficient (Wildman–Crippen LogP) is 4.12. The summed E-state index contributed by atoms with van der Waals surface area (Å²) >= 11 is 0. The van der Waals surface area contributed by atoms with Gasteiger partial charge in [0, 0.05) is 39.1 Å². The lowest BCUT2D eigenvalue weighted by Gasteiger charge is -2.13. The Kier molecular flexibility index (Phi) is 6.76. The zero-order valence-electron chi connectivity index (χ0n) is 16.9. The van der Waals surface area contributed by atoms with Gasteiger partial charge in [0.25, 0.3) is 0 Å². The summed E-state index contributed by atoms with van der Waals surface area (Å²) in [7, 11) is 1.65. The van der Waals surface area contributed by atoms with E-state index in [-0.39, 0.29) is 0 Å². The minimum atomic E-state index is -4.32. The minimum Gasteiger partial charge on any atom is -0.352 e. The second-order valence-corrected chi connectivity index (χ2v) is 6.90. The molecule has 0 amide bonds. The standard InChI is InChI=1S/C22H24F3N5/c1-16-27-10-11-30(16)15-19-5-3-4-18(12-19)14-29-21(26-2)28-13-17-6-8-20(9-7-17)22(23,24)25/h3-12H,13-15H2,1-2H3,(H2,26,28,29). The number of aliphatic imine (C=N–C) groups is 1. The maximum absolute atomic E-state index is 12.7. The number of nitrogens with one attached hydrogen (secondary N) is 2. The van der Waals surface area contributed by atoms with Crippen LogP contribution in [0, 0.1) is 6.92 Å². The molecule has 8 heteroatoms. The van der Waals surface area contributed by atoms with Gasteiger partial charge in [-0.15, -0.1) is 0 Å². The number of hydrogen-bond acceptors (Lipinski definition) is 2. The third-order valence-corrected chi connectivity index (χ3v) is 4.69. The van der Waals surface area contributed by atoms with Crippen molar-refractivity contribution in [2.45, 2.75) is 32.7 Å². The number of rotatable bonds is 6. The van der Waals surface area contributed by atoms with E-state index >= 15 is 0 Å². The first kappa shape index (κ1) is 21.4. The lowest BCUT2D eigenvalue weighted by Crippen LogP contribution is -2.36. The van der Waals surface area contributed by atoms with E-state index in [9.17, 15) is 13.2 Å². The summed E-state index contributed by atoms with van der Waals surface area (Å²) in [6.07, 6.45) is -0.588. The molecule has 5 nitrogen and oxygen atoms in total. The van der Waals surface area contributed by atoms with Crippen molar-refractivity contribution in [3.63, 3.8) is 0 Å². The third kappa shape index (κ3) is 5.85. The van der Waals surface area contributed by atoms with Crippen LogP contribution in [-0.4, -0.2) is 22.6 Å². The topological polar surface area (TPSA) is 54.2 Å². The van der Waals surface area contributed by atoms with Gasteiger partial charge in [0.05, 0.1) is 5.56 Å². The summed E-state index contributed by atoms with van der Waals surface area (Å²) in [5, 5.41) is 6.35. The van der Waals surface area contributed by atoms with Crippen molar-refractivity contribution in [3.05, 3.63) is 89.0 Å². The van der Waals surface area contributed by atoms with E-state index in [0.29, 0.717) is 19.0 Å². The normalized spacial score (nSPS) is 12.1. The molecular formula is C22H24F3N5. The largest absolute Gasteiger partial charge is 0.416 e. The van der Waals surface area contributed by atoms with Crippen molar-refractivity contribution in [3.8, 4) is 0 Å². The van der Waals surface area contributed by atoms with Gasteiger partial charge in [0.1, 0.15) is 5.82 Å². The fourth-order valence-electron chi connectivity index (χ4n) is 3.01. The van der Waals surface area contributed by atoms with E-state index in [1.54, 1.807) is 13.2 Å². The number of imidazole rings is 1. The Morgan fingerprint density at radius 2 is 1.67 bits per heavy atom. The lowest BCUT2D eigenvalue weighted by molar-refractivity contribution is -0.137. The molecule has 0 saturated heterocycles. The summed E-state index contributed by atoms with van der Waals surface area (Å²) in [5.41, 5.74) is 2.36. The Morgan fingerprint density at radius 1 is 1.00 bits per heavy atom. The molecule has 0 bridgehead atoms. The highest BCUT2D eigenvalue weighted by Gasteiger charge is 2.29. The zero-order chi connectivity index (χ0) is 21.6. The van der Waals surface area contributed by atoms with Crippen molar-refractivity contribution >= 4 is 5.96 Å². The van der Waals surface area contributed by atoms with E-state index in [1.165, 1.54) is 17.7 Å². The van der Waals surface area contributed by atoms with Crippen molar-refractivity contribution in [1.82, 2.24) is 20.2 Å². The van der Waals surface area contributed by atoms with Crippen molar-refractivity contribution in [1.29, 1.82) is 0 Å². The highest BCUT2D eigenvalue weighted by molar-refractivity contribution is 5.79. The van der Waals surface area contributed by atoms with E-state index in [1.807, 2.05) is 25.3 Å². The Morgan fingerprint density at radius 3 is 2.27 bits per heavy atom. The zero-order valence-corrected chi connectivity index (χ0v) is 16.9. The molecule has 0 saturated carbocycles. The number of guanidine groups is 1. The first-order chi connectivity index (χ1) is 14.3. The summed E-state index contributed by atoms with van der Waals surface area (Å²) in [4.78, 5) is 8.41. The predicted molar refractivity (Wildman–Crippen MR) is 111 cm³/mol. The number of hydrogen-bond donors (Lipinski definition) is 2. The molecule has 1 heterocycles. The average Bonchev–Trinajstić information content (AvgIpc) is 3.12. The molecule has 0 unspecified atom stereocenters. The minimum absolute atomic E-state index is 0.373. The number of alkyl halides is 3. The Hall–Kier alpha value is -3.29. The molecule has 3 aromatic rings. The van der Waals surface area contributed by atoms with Gasteiger partial charge in [-0.25, -0.2) is 4.98 Å². The van der Waals surface area contributed by atoms with Gasteiger partial charge < -0.3 is 15.2 Å². The number of halogens is 3. The second-order valence-electron chi connectivity index (χ2n) is 6.90. The van der Waals surface area contributed by atoms with Crippen LogP contribution in [0.1, 0.15) is 28.1 Å². The molecule has 3 rings (SSSR count). The highest BCUT2D eigenvalue weighted by atomic mass is 19.4. The second kappa shape index (κ2) is 9.47. The number of aromatic nitrogens is 2. The summed E-state index contributed by atoms with van der Waals surface area (Å²) in [6, 6.07) is 13.3. The molecule has 0 atom stereocenters. The molecule has 0 spiro atoms. The van der Waals surface area contributed by atoms with Crippen LogP contribution in [0.4, 0.5) is 13.2 Å². The molecule has 30 heavy (non-hydrogen) atoms. The molecule has 158 valence electrons. The van der Waals surface area contributed by atoms with Crippen LogP contribution in [-0.2, 0) is 25.8 Å². The maximum atomic E-state index is 12.7. The van der Waals surface area contributed by atoms with Crippen molar-refractivity contribution < 1.29 is 13.2 Å². The molecule has 0 aliphatic rings. The molecular weight excluding hydrogens is 391 g/mol. The summed E-state index contributed by atoms with van der Waals surface area (Å²) in [6.45, 7) is 3.67. The van der Waals surface area contributed by atoms with Gasteiger partial charge in [-0.3, -0.25) is 4.99 Å². The van der Waals surface area contributed by atoms with Crippen LogP contribution in [0.2, 0.25) is 0 Å². The maximum Gasteiger partial charge on any atom is 0.416 e. The Labute approximate surface area is 173 Å².